The molecule has 1 aliphatic rings. The summed E-state index contributed by atoms with van der Waals surface area (Å²) in [5.74, 6) is 0.113. The Morgan fingerprint density at radius 3 is 2.77 bits per heavy atom. The lowest BCUT2D eigenvalue weighted by Gasteiger charge is -2.42. The number of thiazole rings is 1. The summed E-state index contributed by atoms with van der Waals surface area (Å²) in [6, 6.07) is 2.14. The van der Waals surface area contributed by atoms with Crippen LogP contribution in [-0.4, -0.2) is 49.0 Å². The van der Waals surface area contributed by atoms with Gasteiger partial charge in [-0.2, -0.15) is 0 Å². The molecule has 120 valence electrons. The highest BCUT2D eigenvalue weighted by atomic mass is 32.1. The summed E-state index contributed by atoms with van der Waals surface area (Å²) >= 11 is 3.11. The zero-order valence-electron chi connectivity index (χ0n) is 13.4. The van der Waals surface area contributed by atoms with Crippen LogP contribution in [0.5, 0.6) is 0 Å². The summed E-state index contributed by atoms with van der Waals surface area (Å²) in [6.45, 7) is 5.73. The maximum absolute atomic E-state index is 12.7. The van der Waals surface area contributed by atoms with Gasteiger partial charge in [0.2, 0.25) is 0 Å². The second-order valence-corrected chi connectivity index (χ2v) is 8.82. The molecular weight excluding hydrogens is 316 g/mol. The van der Waals surface area contributed by atoms with Gasteiger partial charge >= 0.3 is 0 Å². The van der Waals surface area contributed by atoms with E-state index in [1.807, 2.05) is 30.0 Å². The van der Waals surface area contributed by atoms with E-state index in [4.69, 9.17) is 5.73 Å². The molecule has 0 spiro atoms. The van der Waals surface area contributed by atoms with Gasteiger partial charge in [0.1, 0.15) is 4.83 Å². The highest BCUT2D eigenvalue weighted by Crippen LogP contribution is 2.35. The Kier molecular flexibility index (Phi) is 3.91. The van der Waals surface area contributed by atoms with E-state index in [0.29, 0.717) is 0 Å². The molecule has 0 aliphatic carbocycles. The summed E-state index contributed by atoms with van der Waals surface area (Å²) in [5, 5.41) is 0.977. The molecule has 1 atom stereocenters. The third-order valence-electron chi connectivity index (χ3n) is 4.27. The molecule has 3 rings (SSSR count). The average Bonchev–Trinajstić information content (AvgIpc) is 2.99. The van der Waals surface area contributed by atoms with Crippen molar-refractivity contribution in [1.29, 1.82) is 0 Å². The maximum Gasteiger partial charge on any atom is 0.264 e. The van der Waals surface area contributed by atoms with Crippen molar-refractivity contribution in [2.75, 3.05) is 32.1 Å². The lowest BCUT2D eigenvalue weighted by molar-refractivity contribution is 0.0538. The van der Waals surface area contributed by atoms with Crippen LogP contribution in [0.1, 0.15) is 29.9 Å². The zero-order chi connectivity index (χ0) is 16.1. The normalized spacial score (nSPS) is 21.3. The van der Waals surface area contributed by atoms with Gasteiger partial charge in [-0.15, -0.1) is 11.3 Å². The Hall–Kier alpha value is -1.18. The van der Waals surface area contributed by atoms with Crippen molar-refractivity contribution in [3.8, 4) is 0 Å². The van der Waals surface area contributed by atoms with E-state index in [1.165, 1.54) is 11.3 Å². The molecule has 1 unspecified atom stereocenters. The molecule has 1 aliphatic heterocycles. The summed E-state index contributed by atoms with van der Waals surface area (Å²) in [5.41, 5.74) is 6.13. The Bertz CT molecular complexity index is 672. The number of nitrogens with zero attached hydrogens (tertiary/aromatic N) is 3. The minimum Gasteiger partial charge on any atom is -0.354 e. The molecule has 0 bridgehead atoms. The first-order chi connectivity index (χ1) is 10.3. The van der Waals surface area contributed by atoms with Gasteiger partial charge in [-0.3, -0.25) is 4.79 Å². The minimum absolute atomic E-state index is 0.0289. The number of aromatic nitrogens is 1. The van der Waals surface area contributed by atoms with E-state index in [-0.39, 0.29) is 17.4 Å². The molecule has 1 saturated heterocycles. The summed E-state index contributed by atoms with van der Waals surface area (Å²) < 4.78 is 1.09. The fourth-order valence-electron chi connectivity index (χ4n) is 2.72. The number of piperidine rings is 1. The van der Waals surface area contributed by atoms with Crippen LogP contribution in [0.25, 0.3) is 9.53 Å². The smallest absolute Gasteiger partial charge is 0.264 e. The van der Waals surface area contributed by atoms with Crippen LogP contribution >= 0.6 is 22.7 Å². The van der Waals surface area contributed by atoms with Crippen molar-refractivity contribution >= 4 is 43.2 Å². The quantitative estimate of drug-likeness (QED) is 0.914. The molecule has 1 amide bonds. The number of likely N-dealkylation sites (tertiary alicyclic amines) is 1. The van der Waals surface area contributed by atoms with Gasteiger partial charge < -0.3 is 15.5 Å². The molecule has 2 aromatic rings. The second kappa shape index (κ2) is 5.47. The van der Waals surface area contributed by atoms with Crippen molar-refractivity contribution in [2.45, 2.75) is 26.3 Å². The number of thiophene rings is 1. The second-order valence-electron chi connectivity index (χ2n) is 6.78. The monoisotopic (exact) mass is 338 g/mol. The third-order valence-corrected chi connectivity index (χ3v) is 6.59. The third kappa shape index (κ3) is 2.73. The standard InChI is InChI=1S/C15H22N4OS2/c1-15(2)8-19(6-5-11(15)16)13(20)10-7-9-12(21-10)17-14(22-9)18(3)4/h7,11H,5-6,8,16H2,1-4H3. The number of carbonyl (C=O) groups excluding carboxylic acids is 1. The number of carbonyl (C=O) groups is 1. The molecular formula is C15H22N4OS2. The van der Waals surface area contributed by atoms with E-state index in [0.717, 1.165) is 39.0 Å². The van der Waals surface area contributed by atoms with Crippen molar-refractivity contribution in [1.82, 2.24) is 9.88 Å². The number of hydrogen-bond donors (Lipinski definition) is 1. The first kappa shape index (κ1) is 15.7. The van der Waals surface area contributed by atoms with Gasteiger partial charge in [-0.25, -0.2) is 4.98 Å². The van der Waals surface area contributed by atoms with Crippen LogP contribution in [0.2, 0.25) is 0 Å². The fraction of sp³-hybridized carbons (Fsp3) is 0.600. The van der Waals surface area contributed by atoms with Crippen molar-refractivity contribution in [2.24, 2.45) is 11.1 Å². The summed E-state index contributed by atoms with van der Waals surface area (Å²) in [7, 11) is 3.96. The predicted octanol–water partition coefficient (Wildman–Crippen LogP) is 2.62. The molecule has 0 aromatic carbocycles. The fourth-order valence-corrected chi connectivity index (χ4v) is 4.82. The van der Waals surface area contributed by atoms with Crippen LogP contribution in [0, 0.1) is 5.41 Å². The van der Waals surface area contributed by atoms with Crippen molar-refractivity contribution < 1.29 is 4.79 Å². The largest absolute Gasteiger partial charge is 0.354 e. The number of amides is 1. The Labute approximate surface area is 138 Å². The molecule has 7 heteroatoms. The van der Waals surface area contributed by atoms with Crippen molar-refractivity contribution in [3.63, 3.8) is 0 Å². The number of rotatable bonds is 2. The summed E-state index contributed by atoms with van der Waals surface area (Å²) in [4.78, 5) is 23.0. The van der Waals surface area contributed by atoms with E-state index in [2.05, 4.69) is 18.8 Å². The Balaban J connectivity index is 1.82. The van der Waals surface area contributed by atoms with Gasteiger partial charge in [0.05, 0.1) is 9.58 Å². The van der Waals surface area contributed by atoms with Crippen LogP contribution in [0.3, 0.4) is 0 Å². The van der Waals surface area contributed by atoms with Crippen LogP contribution < -0.4 is 10.6 Å². The average molecular weight is 339 g/mol. The van der Waals surface area contributed by atoms with Crippen molar-refractivity contribution in [3.05, 3.63) is 10.9 Å². The first-order valence-corrected chi connectivity index (χ1v) is 9.04. The molecule has 1 fully saturated rings. The van der Waals surface area contributed by atoms with Crippen LogP contribution in [0.4, 0.5) is 5.13 Å². The van der Waals surface area contributed by atoms with Gasteiger partial charge in [-0.1, -0.05) is 25.2 Å². The van der Waals surface area contributed by atoms with E-state index < -0.39 is 0 Å². The predicted molar refractivity (Wildman–Crippen MR) is 94.1 cm³/mol. The lowest BCUT2D eigenvalue weighted by Crippen LogP contribution is -2.53. The number of fused-ring (bicyclic) bond motifs is 1. The molecule has 22 heavy (non-hydrogen) atoms. The first-order valence-electron chi connectivity index (χ1n) is 7.40. The van der Waals surface area contributed by atoms with Gasteiger partial charge in [-0.05, 0) is 17.9 Å². The molecule has 3 heterocycles. The SMILES string of the molecule is CN(C)c1nc2sc(C(=O)N3CCC(N)C(C)(C)C3)cc2s1. The zero-order valence-corrected chi connectivity index (χ0v) is 15.1. The molecule has 5 nitrogen and oxygen atoms in total. The maximum atomic E-state index is 12.7. The van der Waals surface area contributed by atoms with E-state index in [1.54, 1.807) is 11.3 Å². The molecule has 0 radical (unpaired) electrons. The van der Waals surface area contributed by atoms with Gasteiger partial charge in [0.25, 0.3) is 5.91 Å². The Morgan fingerprint density at radius 1 is 1.45 bits per heavy atom. The number of hydrogen-bond acceptors (Lipinski definition) is 6. The van der Waals surface area contributed by atoms with Crippen LogP contribution in [0.15, 0.2) is 6.07 Å². The highest BCUT2D eigenvalue weighted by molar-refractivity contribution is 7.29. The van der Waals surface area contributed by atoms with Crippen LogP contribution in [-0.2, 0) is 0 Å². The molecule has 0 saturated carbocycles. The van der Waals surface area contributed by atoms with Gasteiger partial charge in [0.15, 0.2) is 5.13 Å². The summed E-state index contributed by atoms with van der Waals surface area (Å²) in [6.07, 6.45) is 0.863. The highest BCUT2D eigenvalue weighted by Gasteiger charge is 2.36. The van der Waals surface area contributed by atoms with Gasteiger partial charge in [0, 0.05) is 33.2 Å². The Morgan fingerprint density at radius 2 is 2.18 bits per heavy atom. The topological polar surface area (TPSA) is 62.5 Å². The van der Waals surface area contributed by atoms with E-state index in [9.17, 15) is 4.79 Å². The van der Waals surface area contributed by atoms with E-state index >= 15 is 0 Å². The number of anilines is 1. The number of nitrogens with two attached hydrogens (primary N) is 1. The molecule has 2 aromatic heterocycles. The lowest BCUT2D eigenvalue weighted by atomic mass is 9.79. The minimum atomic E-state index is -0.0289. The molecule has 2 N–H and O–H groups in total.